The van der Waals surface area contributed by atoms with Crippen molar-refractivity contribution >= 4 is 5.91 Å². The van der Waals surface area contributed by atoms with Crippen LogP contribution in [-0.4, -0.2) is 29.1 Å². The van der Waals surface area contributed by atoms with Gasteiger partial charge in [0.05, 0.1) is 12.2 Å². The van der Waals surface area contributed by atoms with E-state index >= 15 is 0 Å². The Labute approximate surface area is 125 Å². The minimum absolute atomic E-state index is 0.0309. The zero-order valence-electron chi connectivity index (χ0n) is 14.3. The summed E-state index contributed by atoms with van der Waals surface area (Å²) in [5.74, 6) is 1.50. The van der Waals surface area contributed by atoms with E-state index in [1.54, 1.807) is 0 Å². The lowest BCUT2D eigenvalue weighted by Crippen LogP contribution is -2.46. The van der Waals surface area contributed by atoms with E-state index < -0.39 is 0 Å². The molecule has 1 heterocycles. The van der Waals surface area contributed by atoms with Crippen LogP contribution in [0.3, 0.4) is 0 Å². The highest BCUT2D eigenvalue weighted by Gasteiger charge is 2.41. The molecule has 0 aromatic heterocycles. The average Bonchev–Trinajstić information content (AvgIpc) is 2.67. The maximum atomic E-state index is 12.8. The first-order valence-corrected chi connectivity index (χ1v) is 8.54. The van der Waals surface area contributed by atoms with E-state index in [0.29, 0.717) is 23.8 Å². The normalized spacial score (nSPS) is 25.0. The minimum Gasteiger partial charge on any atom is -0.323 e. The summed E-state index contributed by atoms with van der Waals surface area (Å²) >= 11 is 0. The number of amides is 1. The molecule has 3 atom stereocenters. The second kappa shape index (κ2) is 8.02. The van der Waals surface area contributed by atoms with E-state index in [9.17, 15) is 4.79 Å². The Balaban J connectivity index is 2.85. The predicted molar refractivity (Wildman–Crippen MR) is 85.5 cm³/mol. The minimum atomic E-state index is 0.0309. The standard InChI is InChI=1S/C17H34N2O/c1-7-10-16-18-15(11-12(4)5)17(20)19(16)13(6)14(8-2)9-3/h12-16,18H,7-11H2,1-6H3. The molecule has 1 N–H and O–H groups in total. The van der Waals surface area contributed by atoms with Crippen molar-refractivity contribution in [1.29, 1.82) is 0 Å². The van der Waals surface area contributed by atoms with Crippen molar-refractivity contribution in [2.45, 2.75) is 91.9 Å². The van der Waals surface area contributed by atoms with Crippen molar-refractivity contribution < 1.29 is 4.79 Å². The van der Waals surface area contributed by atoms with Crippen LogP contribution in [0.4, 0.5) is 0 Å². The number of hydrogen-bond acceptors (Lipinski definition) is 2. The first kappa shape index (κ1) is 17.5. The van der Waals surface area contributed by atoms with Crippen LogP contribution >= 0.6 is 0 Å². The molecule has 3 heteroatoms. The Morgan fingerprint density at radius 3 is 2.20 bits per heavy atom. The molecule has 3 nitrogen and oxygen atoms in total. The fourth-order valence-corrected chi connectivity index (χ4v) is 3.54. The Morgan fingerprint density at radius 2 is 1.75 bits per heavy atom. The molecular formula is C17H34N2O. The first-order chi connectivity index (χ1) is 9.46. The molecule has 20 heavy (non-hydrogen) atoms. The summed E-state index contributed by atoms with van der Waals surface area (Å²) < 4.78 is 0. The maximum Gasteiger partial charge on any atom is 0.241 e. The fraction of sp³-hybridized carbons (Fsp3) is 0.941. The van der Waals surface area contributed by atoms with Crippen molar-refractivity contribution in [3.63, 3.8) is 0 Å². The first-order valence-electron chi connectivity index (χ1n) is 8.54. The summed E-state index contributed by atoms with van der Waals surface area (Å²) in [5.41, 5.74) is 0. The highest BCUT2D eigenvalue weighted by Crippen LogP contribution is 2.27. The average molecular weight is 282 g/mol. The summed E-state index contributed by atoms with van der Waals surface area (Å²) in [6.07, 6.45) is 5.66. The van der Waals surface area contributed by atoms with E-state index in [-0.39, 0.29) is 12.2 Å². The quantitative estimate of drug-likeness (QED) is 0.734. The number of rotatable bonds is 8. The van der Waals surface area contributed by atoms with Gasteiger partial charge in [0, 0.05) is 6.04 Å². The van der Waals surface area contributed by atoms with Crippen LogP contribution in [0.2, 0.25) is 0 Å². The highest BCUT2D eigenvalue weighted by molar-refractivity contribution is 5.84. The zero-order valence-corrected chi connectivity index (χ0v) is 14.3. The Morgan fingerprint density at radius 1 is 1.15 bits per heavy atom. The van der Waals surface area contributed by atoms with Crippen molar-refractivity contribution in [1.82, 2.24) is 10.2 Å². The molecule has 118 valence electrons. The van der Waals surface area contributed by atoms with Crippen LogP contribution in [0.1, 0.15) is 73.6 Å². The van der Waals surface area contributed by atoms with Gasteiger partial charge in [0.15, 0.2) is 0 Å². The lowest BCUT2D eigenvalue weighted by molar-refractivity contribution is -0.133. The number of nitrogens with one attached hydrogen (secondary N) is 1. The van der Waals surface area contributed by atoms with Crippen LogP contribution in [0.25, 0.3) is 0 Å². The molecule has 0 aromatic carbocycles. The lowest BCUT2D eigenvalue weighted by Gasteiger charge is -2.35. The van der Waals surface area contributed by atoms with Gasteiger partial charge >= 0.3 is 0 Å². The van der Waals surface area contributed by atoms with Gasteiger partial charge in [0.2, 0.25) is 5.91 Å². The summed E-state index contributed by atoms with van der Waals surface area (Å²) in [5, 5.41) is 3.58. The summed E-state index contributed by atoms with van der Waals surface area (Å²) in [6.45, 7) is 13.3. The molecule has 0 bridgehead atoms. The third kappa shape index (κ3) is 3.97. The number of carbonyl (C=O) groups is 1. The van der Waals surface area contributed by atoms with E-state index in [0.717, 1.165) is 32.1 Å². The second-order valence-corrected chi connectivity index (χ2v) is 6.72. The van der Waals surface area contributed by atoms with Gasteiger partial charge < -0.3 is 4.90 Å². The van der Waals surface area contributed by atoms with E-state index in [4.69, 9.17) is 0 Å². The zero-order chi connectivity index (χ0) is 15.3. The molecule has 3 unspecified atom stereocenters. The molecule has 1 aliphatic heterocycles. The fourth-order valence-electron chi connectivity index (χ4n) is 3.54. The second-order valence-electron chi connectivity index (χ2n) is 6.72. The van der Waals surface area contributed by atoms with Gasteiger partial charge in [-0.1, -0.05) is 53.9 Å². The van der Waals surface area contributed by atoms with Crippen molar-refractivity contribution in [2.75, 3.05) is 0 Å². The van der Waals surface area contributed by atoms with Gasteiger partial charge in [-0.3, -0.25) is 10.1 Å². The van der Waals surface area contributed by atoms with E-state index in [1.165, 1.54) is 0 Å². The van der Waals surface area contributed by atoms with Crippen molar-refractivity contribution in [3.8, 4) is 0 Å². The Bertz CT molecular complexity index is 299. The number of nitrogens with zero attached hydrogens (tertiary/aromatic N) is 1. The topological polar surface area (TPSA) is 32.3 Å². The monoisotopic (exact) mass is 282 g/mol. The van der Waals surface area contributed by atoms with Gasteiger partial charge in [-0.15, -0.1) is 0 Å². The lowest BCUT2D eigenvalue weighted by atomic mass is 9.93. The van der Waals surface area contributed by atoms with Gasteiger partial charge in [-0.05, 0) is 31.6 Å². The van der Waals surface area contributed by atoms with Gasteiger partial charge in [0.1, 0.15) is 0 Å². The molecule has 1 aliphatic rings. The smallest absolute Gasteiger partial charge is 0.241 e. The molecule has 1 saturated heterocycles. The Kier molecular flexibility index (Phi) is 7.01. The van der Waals surface area contributed by atoms with Crippen LogP contribution in [-0.2, 0) is 4.79 Å². The largest absolute Gasteiger partial charge is 0.323 e. The molecule has 0 aromatic rings. The summed E-state index contributed by atoms with van der Waals surface area (Å²) in [6, 6.07) is 0.377. The molecule has 0 spiro atoms. The highest BCUT2D eigenvalue weighted by atomic mass is 16.2. The predicted octanol–water partition coefficient (Wildman–Crippen LogP) is 3.78. The third-order valence-corrected chi connectivity index (χ3v) is 4.72. The number of hydrogen-bond donors (Lipinski definition) is 1. The summed E-state index contributed by atoms with van der Waals surface area (Å²) in [4.78, 5) is 14.9. The van der Waals surface area contributed by atoms with Crippen LogP contribution < -0.4 is 5.32 Å². The Hall–Kier alpha value is -0.570. The molecule has 0 aliphatic carbocycles. The molecule has 0 saturated carbocycles. The molecule has 1 amide bonds. The van der Waals surface area contributed by atoms with E-state index in [2.05, 4.69) is 51.8 Å². The molecule has 1 rings (SSSR count). The van der Waals surface area contributed by atoms with Gasteiger partial charge in [-0.2, -0.15) is 0 Å². The molecule has 1 fully saturated rings. The van der Waals surface area contributed by atoms with Crippen LogP contribution in [0.15, 0.2) is 0 Å². The SMILES string of the molecule is CCCC1NC(CC(C)C)C(=O)N1C(C)C(CC)CC. The maximum absolute atomic E-state index is 12.8. The van der Waals surface area contributed by atoms with Gasteiger partial charge in [-0.25, -0.2) is 0 Å². The van der Waals surface area contributed by atoms with E-state index in [1.807, 2.05) is 0 Å². The molecular weight excluding hydrogens is 248 g/mol. The number of carbonyl (C=O) groups excluding carboxylic acids is 1. The molecule has 0 radical (unpaired) electrons. The van der Waals surface area contributed by atoms with Crippen molar-refractivity contribution in [2.24, 2.45) is 11.8 Å². The van der Waals surface area contributed by atoms with Gasteiger partial charge in [0.25, 0.3) is 0 Å². The third-order valence-electron chi connectivity index (χ3n) is 4.72. The van der Waals surface area contributed by atoms with Crippen LogP contribution in [0, 0.1) is 11.8 Å². The van der Waals surface area contributed by atoms with Crippen LogP contribution in [0.5, 0.6) is 0 Å². The summed E-state index contributed by atoms with van der Waals surface area (Å²) in [7, 11) is 0. The van der Waals surface area contributed by atoms with Crippen molar-refractivity contribution in [3.05, 3.63) is 0 Å².